The summed E-state index contributed by atoms with van der Waals surface area (Å²) in [5.74, 6) is 1.74. The van der Waals surface area contributed by atoms with Crippen molar-refractivity contribution in [2.24, 2.45) is 11.7 Å². The van der Waals surface area contributed by atoms with Gasteiger partial charge in [-0.15, -0.1) is 0 Å². The van der Waals surface area contributed by atoms with Crippen LogP contribution in [0.1, 0.15) is 30.9 Å². The average molecular weight is 268 g/mol. The highest BCUT2D eigenvalue weighted by Gasteiger charge is 2.37. The summed E-state index contributed by atoms with van der Waals surface area (Å²) in [5, 5.41) is 0. The van der Waals surface area contributed by atoms with E-state index in [1.165, 1.54) is 12.8 Å². The maximum absolute atomic E-state index is 6.17. The molecule has 3 rings (SSSR count). The normalized spacial score (nSPS) is 29.5. The van der Waals surface area contributed by atoms with Crippen molar-refractivity contribution in [3.05, 3.63) is 28.2 Å². The quantitative estimate of drug-likeness (QED) is 0.849. The van der Waals surface area contributed by atoms with Gasteiger partial charge in [-0.3, -0.25) is 0 Å². The number of hydrogen-bond acceptors (Lipinski definition) is 2. The third-order valence-corrected chi connectivity index (χ3v) is 3.78. The first-order chi connectivity index (χ1) is 7.24. The van der Waals surface area contributed by atoms with Gasteiger partial charge in [0.25, 0.3) is 0 Å². The first-order valence-electron chi connectivity index (χ1n) is 5.46. The SMILES string of the molecule is N[C@@H]1CC(C2CC2)Oc2ccc(Br)cc21. The molecule has 2 N–H and O–H groups in total. The highest BCUT2D eigenvalue weighted by molar-refractivity contribution is 9.10. The Kier molecular flexibility index (Phi) is 2.25. The van der Waals surface area contributed by atoms with Crippen LogP contribution in [-0.2, 0) is 0 Å². The minimum Gasteiger partial charge on any atom is -0.490 e. The second-order valence-electron chi connectivity index (χ2n) is 4.52. The number of benzene rings is 1. The molecule has 2 nitrogen and oxygen atoms in total. The van der Waals surface area contributed by atoms with Crippen LogP contribution >= 0.6 is 15.9 Å². The lowest BCUT2D eigenvalue weighted by Crippen LogP contribution is -2.30. The molecule has 15 heavy (non-hydrogen) atoms. The zero-order chi connectivity index (χ0) is 10.4. The molecular weight excluding hydrogens is 254 g/mol. The van der Waals surface area contributed by atoms with Crippen molar-refractivity contribution in [1.29, 1.82) is 0 Å². The molecule has 1 heterocycles. The molecule has 0 amide bonds. The van der Waals surface area contributed by atoms with E-state index in [1.807, 2.05) is 12.1 Å². The van der Waals surface area contributed by atoms with Gasteiger partial charge in [0.15, 0.2) is 0 Å². The fourth-order valence-corrected chi connectivity index (χ4v) is 2.64. The molecule has 0 saturated heterocycles. The van der Waals surface area contributed by atoms with Crippen LogP contribution in [0.5, 0.6) is 5.75 Å². The molecule has 1 aromatic carbocycles. The topological polar surface area (TPSA) is 35.2 Å². The van der Waals surface area contributed by atoms with Crippen molar-refractivity contribution in [2.45, 2.75) is 31.4 Å². The van der Waals surface area contributed by atoms with E-state index >= 15 is 0 Å². The van der Waals surface area contributed by atoms with Gasteiger partial charge in [-0.05, 0) is 37.0 Å². The first-order valence-corrected chi connectivity index (χ1v) is 6.25. The summed E-state index contributed by atoms with van der Waals surface area (Å²) in [7, 11) is 0. The average Bonchev–Trinajstić information content (AvgIpc) is 3.02. The minimum absolute atomic E-state index is 0.136. The second-order valence-corrected chi connectivity index (χ2v) is 5.43. The number of ether oxygens (including phenoxy) is 1. The number of halogens is 1. The number of nitrogens with two attached hydrogens (primary N) is 1. The summed E-state index contributed by atoms with van der Waals surface area (Å²) >= 11 is 3.46. The van der Waals surface area contributed by atoms with Crippen LogP contribution in [0.2, 0.25) is 0 Å². The highest BCUT2D eigenvalue weighted by Crippen LogP contribution is 2.43. The molecule has 0 aromatic heterocycles. The summed E-state index contributed by atoms with van der Waals surface area (Å²) in [4.78, 5) is 0. The van der Waals surface area contributed by atoms with Crippen LogP contribution < -0.4 is 10.5 Å². The first kappa shape index (κ1) is 9.67. The lowest BCUT2D eigenvalue weighted by atomic mass is 9.95. The van der Waals surface area contributed by atoms with Gasteiger partial charge in [0.05, 0.1) is 0 Å². The van der Waals surface area contributed by atoms with Gasteiger partial charge in [0.1, 0.15) is 11.9 Å². The lowest BCUT2D eigenvalue weighted by molar-refractivity contribution is 0.138. The van der Waals surface area contributed by atoms with Gasteiger partial charge >= 0.3 is 0 Å². The Balaban J connectivity index is 1.93. The molecule has 0 bridgehead atoms. The van der Waals surface area contributed by atoms with Crippen molar-refractivity contribution in [3.63, 3.8) is 0 Å². The summed E-state index contributed by atoms with van der Waals surface area (Å²) in [6, 6.07) is 6.24. The summed E-state index contributed by atoms with van der Waals surface area (Å²) < 4.78 is 7.05. The molecule has 2 atom stereocenters. The minimum atomic E-state index is 0.136. The van der Waals surface area contributed by atoms with E-state index in [1.54, 1.807) is 0 Å². The van der Waals surface area contributed by atoms with Gasteiger partial charge in [-0.1, -0.05) is 15.9 Å². The Morgan fingerprint density at radius 3 is 2.87 bits per heavy atom. The van der Waals surface area contributed by atoms with Crippen LogP contribution in [0.3, 0.4) is 0 Å². The maximum Gasteiger partial charge on any atom is 0.124 e. The van der Waals surface area contributed by atoms with E-state index in [0.29, 0.717) is 6.10 Å². The van der Waals surface area contributed by atoms with Gasteiger partial charge in [-0.2, -0.15) is 0 Å². The molecular formula is C12H14BrNO. The fourth-order valence-electron chi connectivity index (χ4n) is 2.26. The standard InChI is InChI=1S/C12H14BrNO/c13-8-3-4-11-9(5-8)10(14)6-12(15-11)7-1-2-7/h3-5,7,10,12H,1-2,6,14H2/t10-,12?/m1/s1. The van der Waals surface area contributed by atoms with Gasteiger partial charge < -0.3 is 10.5 Å². The largest absolute Gasteiger partial charge is 0.490 e. The molecule has 1 aliphatic carbocycles. The summed E-state index contributed by atoms with van der Waals surface area (Å²) in [6.07, 6.45) is 3.94. The molecule has 1 unspecified atom stereocenters. The van der Waals surface area contributed by atoms with Crippen LogP contribution in [0.25, 0.3) is 0 Å². The number of hydrogen-bond donors (Lipinski definition) is 1. The van der Waals surface area contributed by atoms with Gasteiger partial charge in [0.2, 0.25) is 0 Å². The molecule has 1 aromatic rings. The van der Waals surface area contributed by atoms with Crippen LogP contribution in [-0.4, -0.2) is 6.10 Å². The zero-order valence-electron chi connectivity index (χ0n) is 8.45. The lowest BCUT2D eigenvalue weighted by Gasteiger charge is -2.30. The molecule has 3 heteroatoms. The molecule has 2 aliphatic rings. The van der Waals surface area contributed by atoms with E-state index in [0.717, 1.165) is 28.1 Å². The van der Waals surface area contributed by atoms with E-state index in [9.17, 15) is 0 Å². The maximum atomic E-state index is 6.17. The zero-order valence-corrected chi connectivity index (χ0v) is 10.0. The Morgan fingerprint density at radius 1 is 1.33 bits per heavy atom. The van der Waals surface area contributed by atoms with Crippen LogP contribution in [0.15, 0.2) is 22.7 Å². The smallest absolute Gasteiger partial charge is 0.124 e. The highest BCUT2D eigenvalue weighted by atomic mass is 79.9. The third kappa shape index (κ3) is 1.79. The van der Waals surface area contributed by atoms with Crippen molar-refractivity contribution >= 4 is 15.9 Å². The van der Waals surface area contributed by atoms with E-state index in [4.69, 9.17) is 10.5 Å². The predicted molar refractivity (Wildman–Crippen MR) is 62.8 cm³/mol. The van der Waals surface area contributed by atoms with Gasteiger partial charge in [-0.25, -0.2) is 0 Å². The molecule has 1 aliphatic heterocycles. The molecule has 0 spiro atoms. The molecule has 0 radical (unpaired) electrons. The fraction of sp³-hybridized carbons (Fsp3) is 0.500. The van der Waals surface area contributed by atoms with Crippen molar-refractivity contribution < 1.29 is 4.74 Å². The van der Waals surface area contributed by atoms with E-state index < -0.39 is 0 Å². The monoisotopic (exact) mass is 267 g/mol. The second kappa shape index (κ2) is 3.49. The van der Waals surface area contributed by atoms with Gasteiger partial charge in [0, 0.05) is 22.5 Å². The van der Waals surface area contributed by atoms with Crippen molar-refractivity contribution in [2.75, 3.05) is 0 Å². The third-order valence-electron chi connectivity index (χ3n) is 3.28. The van der Waals surface area contributed by atoms with E-state index in [-0.39, 0.29) is 6.04 Å². The predicted octanol–water partition coefficient (Wildman–Crippen LogP) is 3.01. The van der Waals surface area contributed by atoms with Crippen molar-refractivity contribution in [3.8, 4) is 5.75 Å². The van der Waals surface area contributed by atoms with Crippen LogP contribution in [0, 0.1) is 5.92 Å². The molecule has 1 saturated carbocycles. The van der Waals surface area contributed by atoms with Crippen LogP contribution in [0.4, 0.5) is 0 Å². The molecule has 80 valence electrons. The summed E-state index contributed by atoms with van der Waals surface area (Å²) in [6.45, 7) is 0. The Hall–Kier alpha value is -0.540. The summed E-state index contributed by atoms with van der Waals surface area (Å²) in [5.41, 5.74) is 7.31. The van der Waals surface area contributed by atoms with Crippen molar-refractivity contribution in [1.82, 2.24) is 0 Å². The van der Waals surface area contributed by atoms with E-state index in [2.05, 4.69) is 22.0 Å². The molecule has 1 fully saturated rings. The number of fused-ring (bicyclic) bond motifs is 1. The number of rotatable bonds is 1. The Morgan fingerprint density at radius 2 is 2.13 bits per heavy atom. The Labute approximate surface area is 97.9 Å². The Bertz CT molecular complexity index is 389.